The molecular weight excluding hydrogens is 258 g/mol. The molecule has 0 aliphatic carbocycles. The van der Waals surface area contributed by atoms with E-state index < -0.39 is 9.84 Å². The molecule has 108 valence electrons. The molecule has 1 rings (SSSR count). The Kier molecular flexibility index (Phi) is 5.16. The Morgan fingerprint density at radius 2 is 1.58 bits per heavy atom. The Morgan fingerprint density at radius 3 is 2.05 bits per heavy atom. The predicted octanol–water partition coefficient (Wildman–Crippen LogP) is 2.61. The third kappa shape index (κ3) is 6.73. The standard InChI is InChI=1S/C15H25NO2S/c1-12-8-13(2)10-14(9-12)11-19(17,18)7-6-16-15(3,4)5/h8-10,16H,6-7,11H2,1-5H3. The van der Waals surface area contributed by atoms with Crippen LogP contribution in [0.4, 0.5) is 0 Å². The predicted molar refractivity (Wildman–Crippen MR) is 81.2 cm³/mol. The average Bonchev–Trinajstić information content (AvgIpc) is 2.11. The molecule has 0 bridgehead atoms. The smallest absolute Gasteiger partial charge is 0.155 e. The molecule has 0 spiro atoms. The average molecular weight is 283 g/mol. The first-order valence-corrected chi connectivity index (χ1v) is 8.42. The molecule has 0 amide bonds. The summed E-state index contributed by atoms with van der Waals surface area (Å²) >= 11 is 0. The van der Waals surface area contributed by atoms with Gasteiger partial charge in [-0.3, -0.25) is 0 Å². The Bertz CT molecular complexity index is 507. The van der Waals surface area contributed by atoms with Crippen LogP contribution < -0.4 is 5.32 Å². The molecule has 0 fully saturated rings. The Labute approximate surface area is 117 Å². The van der Waals surface area contributed by atoms with Gasteiger partial charge in [0.05, 0.1) is 11.5 Å². The second-order valence-electron chi connectivity index (χ2n) is 6.26. The first kappa shape index (κ1) is 16.2. The minimum Gasteiger partial charge on any atom is -0.311 e. The molecule has 4 heteroatoms. The zero-order valence-electron chi connectivity index (χ0n) is 12.6. The molecule has 19 heavy (non-hydrogen) atoms. The van der Waals surface area contributed by atoms with Crippen molar-refractivity contribution >= 4 is 9.84 Å². The molecule has 0 saturated carbocycles. The zero-order chi connectivity index (χ0) is 14.7. The van der Waals surface area contributed by atoms with E-state index in [1.807, 2.05) is 46.8 Å². The van der Waals surface area contributed by atoms with Crippen molar-refractivity contribution in [2.75, 3.05) is 12.3 Å². The van der Waals surface area contributed by atoms with Gasteiger partial charge in [-0.2, -0.15) is 0 Å². The van der Waals surface area contributed by atoms with Crippen LogP contribution >= 0.6 is 0 Å². The van der Waals surface area contributed by atoms with Gasteiger partial charge >= 0.3 is 0 Å². The van der Waals surface area contributed by atoms with Crippen molar-refractivity contribution in [3.05, 3.63) is 34.9 Å². The van der Waals surface area contributed by atoms with Gasteiger partial charge in [-0.05, 0) is 40.2 Å². The van der Waals surface area contributed by atoms with Crippen LogP contribution in [-0.4, -0.2) is 26.3 Å². The summed E-state index contributed by atoms with van der Waals surface area (Å²) in [6.07, 6.45) is 0. The van der Waals surface area contributed by atoms with Crippen LogP contribution in [0.15, 0.2) is 18.2 Å². The van der Waals surface area contributed by atoms with Crippen molar-refractivity contribution in [3.63, 3.8) is 0 Å². The van der Waals surface area contributed by atoms with Crippen LogP contribution in [0.3, 0.4) is 0 Å². The molecule has 0 radical (unpaired) electrons. The van der Waals surface area contributed by atoms with Crippen LogP contribution in [-0.2, 0) is 15.6 Å². The molecule has 1 N–H and O–H groups in total. The molecule has 0 atom stereocenters. The summed E-state index contributed by atoms with van der Waals surface area (Å²) in [6, 6.07) is 5.95. The van der Waals surface area contributed by atoms with Gasteiger partial charge < -0.3 is 5.32 Å². The van der Waals surface area contributed by atoms with Crippen molar-refractivity contribution in [2.45, 2.75) is 45.9 Å². The molecule has 0 aliphatic heterocycles. The maximum absolute atomic E-state index is 12.1. The number of hydrogen-bond acceptors (Lipinski definition) is 3. The summed E-state index contributed by atoms with van der Waals surface area (Å²) in [5.41, 5.74) is 3.06. The van der Waals surface area contributed by atoms with E-state index in [-0.39, 0.29) is 17.0 Å². The molecular formula is C15H25NO2S. The number of hydrogen-bond donors (Lipinski definition) is 1. The second-order valence-corrected chi connectivity index (χ2v) is 8.45. The van der Waals surface area contributed by atoms with Crippen molar-refractivity contribution in [2.24, 2.45) is 0 Å². The highest BCUT2D eigenvalue weighted by Gasteiger charge is 2.15. The maximum atomic E-state index is 12.1. The highest BCUT2D eigenvalue weighted by molar-refractivity contribution is 7.90. The second kappa shape index (κ2) is 6.06. The van der Waals surface area contributed by atoms with Crippen molar-refractivity contribution in [1.29, 1.82) is 0 Å². The molecule has 3 nitrogen and oxygen atoms in total. The monoisotopic (exact) mass is 283 g/mol. The lowest BCUT2D eigenvalue weighted by molar-refractivity contribution is 0.438. The highest BCUT2D eigenvalue weighted by atomic mass is 32.2. The Balaban J connectivity index is 2.64. The lowest BCUT2D eigenvalue weighted by Crippen LogP contribution is -2.38. The van der Waals surface area contributed by atoms with Crippen molar-refractivity contribution in [3.8, 4) is 0 Å². The van der Waals surface area contributed by atoms with E-state index >= 15 is 0 Å². The fourth-order valence-corrected chi connectivity index (χ4v) is 3.29. The fraction of sp³-hybridized carbons (Fsp3) is 0.600. The quantitative estimate of drug-likeness (QED) is 0.903. The number of rotatable bonds is 5. The molecule has 1 aromatic carbocycles. The summed E-state index contributed by atoms with van der Waals surface area (Å²) in [5, 5.41) is 3.21. The first-order chi connectivity index (χ1) is 8.57. The number of sulfone groups is 1. The fourth-order valence-electron chi connectivity index (χ4n) is 2.06. The number of aryl methyl sites for hydroxylation is 2. The number of benzene rings is 1. The van der Waals surface area contributed by atoms with E-state index in [4.69, 9.17) is 0 Å². The summed E-state index contributed by atoms with van der Waals surface area (Å²) in [5.74, 6) is 0.304. The lowest BCUT2D eigenvalue weighted by Gasteiger charge is -2.20. The van der Waals surface area contributed by atoms with E-state index in [9.17, 15) is 8.42 Å². The largest absolute Gasteiger partial charge is 0.311 e. The Hall–Kier alpha value is -0.870. The first-order valence-electron chi connectivity index (χ1n) is 6.60. The normalized spacial score (nSPS) is 12.7. The van der Waals surface area contributed by atoms with Crippen LogP contribution in [0.1, 0.15) is 37.5 Å². The Morgan fingerprint density at radius 1 is 1.05 bits per heavy atom. The zero-order valence-corrected chi connectivity index (χ0v) is 13.4. The van der Waals surface area contributed by atoms with Crippen molar-refractivity contribution < 1.29 is 8.42 Å². The van der Waals surface area contributed by atoms with Gasteiger partial charge in [-0.1, -0.05) is 29.3 Å². The van der Waals surface area contributed by atoms with Crippen LogP contribution in [0, 0.1) is 13.8 Å². The lowest BCUT2D eigenvalue weighted by atomic mass is 10.1. The van der Waals surface area contributed by atoms with Gasteiger partial charge in [0.2, 0.25) is 0 Å². The summed E-state index contributed by atoms with van der Waals surface area (Å²) in [6.45, 7) is 10.6. The van der Waals surface area contributed by atoms with E-state index in [0.29, 0.717) is 6.54 Å². The molecule has 0 unspecified atom stereocenters. The van der Waals surface area contributed by atoms with Gasteiger partial charge in [-0.25, -0.2) is 8.42 Å². The molecule has 0 saturated heterocycles. The van der Waals surface area contributed by atoms with Gasteiger partial charge in [0.15, 0.2) is 9.84 Å². The van der Waals surface area contributed by atoms with E-state index in [1.165, 1.54) is 0 Å². The third-order valence-electron chi connectivity index (χ3n) is 2.74. The third-order valence-corrected chi connectivity index (χ3v) is 4.34. The van der Waals surface area contributed by atoms with Gasteiger partial charge in [0.1, 0.15) is 0 Å². The van der Waals surface area contributed by atoms with E-state index in [0.717, 1.165) is 16.7 Å². The SMILES string of the molecule is Cc1cc(C)cc(CS(=O)(=O)CCNC(C)(C)C)c1. The van der Waals surface area contributed by atoms with Crippen molar-refractivity contribution in [1.82, 2.24) is 5.32 Å². The van der Waals surface area contributed by atoms with Gasteiger partial charge in [0.25, 0.3) is 0 Å². The minimum absolute atomic E-state index is 0.0462. The maximum Gasteiger partial charge on any atom is 0.155 e. The summed E-state index contributed by atoms with van der Waals surface area (Å²) < 4.78 is 24.1. The van der Waals surface area contributed by atoms with Crippen LogP contribution in [0.5, 0.6) is 0 Å². The highest BCUT2D eigenvalue weighted by Crippen LogP contribution is 2.12. The van der Waals surface area contributed by atoms with E-state index in [2.05, 4.69) is 11.4 Å². The molecule has 0 heterocycles. The summed E-state index contributed by atoms with van der Waals surface area (Å²) in [7, 11) is -3.05. The van der Waals surface area contributed by atoms with Crippen LogP contribution in [0.2, 0.25) is 0 Å². The van der Waals surface area contributed by atoms with Gasteiger partial charge in [-0.15, -0.1) is 0 Å². The molecule has 0 aromatic heterocycles. The van der Waals surface area contributed by atoms with E-state index in [1.54, 1.807) is 0 Å². The van der Waals surface area contributed by atoms with Gasteiger partial charge in [0, 0.05) is 12.1 Å². The molecule has 0 aliphatic rings. The number of nitrogens with one attached hydrogen (secondary N) is 1. The summed E-state index contributed by atoms with van der Waals surface area (Å²) in [4.78, 5) is 0. The minimum atomic E-state index is -3.05. The van der Waals surface area contributed by atoms with Crippen LogP contribution in [0.25, 0.3) is 0 Å². The molecule has 1 aromatic rings. The topological polar surface area (TPSA) is 46.2 Å².